The van der Waals surface area contributed by atoms with Crippen molar-refractivity contribution in [3.8, 4) is 0 Å². The lowest BCUT2D eigenvalue weighted by Gasteiger charge is -2.02. The van der Waals surface area contributed by atoms with E-state index in [0.29, 0.717) is 10.7 Å². The molecule has 1 N–H and O–H groups in total. The van der Waals surface area contributed by atoms with Crippen LogP contribution in [0.15, 0.2) is 47.5 Å². The fourth-order valence-corrected chi connectivity index (χ4v) is 1.78. The predicted octanol–water partition coefficient (Wildman–Crippen LogP) is 4.10. The van der Waals surface area contributed by atoms with Gasteiger partial charge in [-0.05, 0) is 30.7 Å². The molecule has 19 heavy (non-hydrogen) atoms. The molecule has 0 heterocycles. The summed E-state index contributed by atoms with van der Waals surface area (Å²) in [6, 6.07) is 12.2. The first kappa shape index (κ1) is 13.3. The molecule has 0 spiro atoms. The fourth-order valence-electron chi connectivity index (χ4n) is 1.60. The van der Waals surface area contributed by atoms with E-state index in [9.17, 15) is 4.79 Å². The molecule has 0 aliphatic heterocycles. The number of halogens is 1. The number of carboxylic acid groups (broad SMARTS) is 1. The van der Waals surface area contributed by atoms with Gasteiger partial charge in [0.15, 0.2) is 0 Å². The van der Waals surface area contributed by atoms with Gasteiger partial charge >= 0.3 is 5.97 Å². The number of hydrogen-bond donors (Lipinski definition) is 1. The van der Waals surface area contributed by atoms with Crippen molar-refractivity contribution in [3.63, 3.8) is 0 Å². The Labute approximate surface area is 116 Å². The number of aliphatic imine (C=N–C) groups is 1. The standard InChI is InChI=1S/C15H12ClNO2/c1-10-6-7-11(15(18)19)8-14(10)17-9-12-4-2-3-5-13(12)16/h2-9H,1H3,(H,18,19)/b17-9+. The molecule has 4 heteroatoms. The van der Waals surface area contributed by atoms with Crippen LogP contribution in [0.5, 0.6) is 0 Å². The van der Waals surface area contributed by atoms with Gasteiger partial charge in [0.05, 0.1) is 11.3 Å². The summed E-state index contributed by atoms with van der Waals surface area (Å²) in [6.07, 6.45) is 1.64. The monoisotopic (exact) mass is 273 g/mol. The highest BCUT2D eigenvalue weighted by atomic mass is 35.5. The second-order valence-electron chi connectivity index (χ2n) is 4.09. The maximum Gasteiger partial charge on any atom is 0.335 e. The topological polar surface area (TPSA) is 49.7 Å². The van der Waals surface area contributed by atoms with Crippen LogP contribution in [0.1, 0.15) is 21.5 Å². The number of rotatable bonds is 3. The van der Waals surface area contributed by atoms with Crippen molar-refractivity contribution in [1.29, 1.82) is 0 Å². The van der Waals surface area contributed by atoms with E-state index < -0.39 is 5.97 Å². The Morgan fingerprint density at radius 1 is 1.26 bits per heavy atom. The van der Waals surface area contributed by atoms with Gasteiger partial charge in [-0.15, -0.1) is 0 Å². The van der Waals surface area contributed by atoms with Gasteiger partial charge in [-0.3, -0.25) is 4.99 Å². The highest BCUT2D eigenvalue weighted by Crippen LogP contribution is 2.21. The molecule has 0 bridgehead atoms. The summed E-state index contributed by atoms with van der Waals surface area (Å²) in [7, 11) is 0. The molecule has 0 saturated heterocycles. The first-order valence-electron chi connectivity index (χ1n) is 5.70. The van der Waals surface area contributed by atoms with Gasteiger partial charge < -0.3 is 5.11 Å². The van der Waals surface area contributed by atoms with E-state index >= 15 is 0 Å². The van der Waals surface area contributed by atoms with E-state index in [1.165, 1.54) is 0 Å². The lowest BCUT2D eigenvalue weighted by atomic mass is 10.1. The second-order valence-corrected chi connectivity index (χ2v) is 4.49. The molecule has 0 saturated carbocycles. The Morgan fingerprint density at radius 2 is 2.00 bits per heavy atom. The summed E-state index contributed by atoms with van der Waals surface area (Å²) in [4.78, 5) is 15.2. The zero-order chi connectivity index (χ0) is 13.8. The highest BCUT2D eigenvalue weighted by Gasteiger charge is 2.05. The van der Waals surface area contributed by atoms with E-state index in [1.54, 1.807) is 30.5 Å². The lowest BCUT2D eigenvalue weighted by molar-refractivity contribution is 0.0697. The van der Waals surface area contributed by atoms with Crippen molar-refractivity contribution in [2.45, 2.75) is 6.92 Å². The SMILES string of the molecule is Cc1ccc(C(=O)O)cc1/N=C/c1ccccc1Cl. The molecule has 2 aromatic rings. The fraction of sp³-hybridized carbons (Fsp3) is 0.0667. The molecule has 0 fully saturated rings. The summed E-state index contributed by atoms with van der Waals surface area (Å²) in [5.74, 6) is -0.964. The molecule has 2 rings (SSSR count). The number of hydrogen-bond acceptors (Lipinski definition) is 2. The zero-order valence-electron chi connectivity index (χ0n) is 10.3. The van der Waals surface area contributed by atoms with Gasteiger partial charge in [-0.1, -0.05) is 35.9 Å². The minimum absolute atomic E-state index is 0.219. The molecule has 0 aliphatic carbocycles. The maximum atomic E-state index is 10.9. The van der Waals surface area contributed by atoms with Gasteiger partial charge in [0.25, 0.3) is 0 Å². The van der Waals surface area contributed by atoms with Crippen LogP contribution in [0.2, 0.25) is 5.02 Å². The largest absolute Gasteiger partial charge is 0.478 e. The molecule has 0 amide bonds. The summed E-state index contributed by atoms with van der Waals surface area (Å²) in [5, 5.41) is 9.57. The highest BCUT2D eigenvalue weighted by molar-refractivity contribution is 6.33. The number of aryl methyl sites for hydroxylation is 1. The second kappa shape index (κ2) is 5.67. The summed E-state index contributed by atoms with van der Waals surface area (Å²) < 4.78 is 0. The normalized spacial score (nSPS) is 10.8. The molecule has 0 aromatic heterocycles. The van der Waals surface area contributed by atoms with E-state index in [-0.39, 0.29) is 5.56 Å². The molecule has 0 radical (unpaired) electrons. The molecular formula is C15H12ClNO2. The predicted molar refractivity (Wildman–Crippen MR) is 76.8 cm³/mol. The van der Waals surface area contributed by atoms with Crippen LogP contribution in [0.25, 0.3) is 0 Å². The number of aromatic carboxylic acids is 1. The Kier molecular flexibility index (Phi) is 3.97. The van der Waals surface area contributed by atoms with E-state index in [4.69, 9.17) is 16.7 Å². The van der Waals surface area contributed by atoms with Gasteiger partial charge in [-0.2, -0.15) is 0 Å². The van der Waals surface area contributed by atoms with E-state index in [2.05, 4.69) is 4.99 Å². The minimum atomic E-state index is -0.964. The first-order chi connectivity index (χ1) is 9.08. The van der Waals surface area contributed by atoms with Crippen molar-refractivity contribution < 1.29 is 9.90 Å². The molecule has 0 unspecified atom stereocenters. The third-order valence-electron chi connectivity index (χ3n) is 2.70. The van der Waals surface area contributed by atoms with Crippen molar-refractivity contribution in [1.82, 2.24) is 0 Å². The number of benzene rings is 2. The minimum Gasteiger partial charge on any atom is -0.478 e. The Morgan fingerprint density at radius 3 is 2.68 bits per heavy atom. The lowest BCUT2D eigenvalue weighted by Crippen LogP contribution is -1.95. The van der Waals surface area contributed by atoms with Crippen molar-refractivity contribution in [3.05, 3.63) is 64.2 Å². The molecule has 96 valence electrons. The number of carboxylic acids is 1. The van der Waals surface area contributed by atoms with Gasteiger partial charge in [0.2, 0.25) is 0 Å². The Bertz CT molecular complexity index is 650. The first-order valence-corrected chi connectivity index (χ1v) is 6.08. The third-order valence-corrected chi connectivity index (χ3v) is 3.05. The smallest absolute Gasteiger partial charge is 0.335 e. The van der Waals surface area contributed by atoms with Crippen molar-refractivity contribution in [2.75, 3.05) is 0 Å². The zero-order valence-corrected chi connectivity index (χ0v) is 11.1. The van der Waals surface area contributed by atoms with E-state index in [1.807, 2.05) is 25.1 Å². The van der Waals surface area contributed by atoms with Crippen molar-refractivity contribution >= 4 is 29.5 Å². The van der Waals surface area contributed by atoms with Crippen LogP contribution < -0.4 is 0 Å². The molecular weight excluding hydrogens is 262 g/mol. The molecule has 3 nitrogen and oxygen atoms in total. The molecule has 2 aromatic carbocycles. The Hall–Kier alpha value is -2.13. The summed E-state index contributed by atoms with van der Waals surface area (Å²) in [5.41, 5.74) is 2.55. The van der Waals surface area contributed by atoms with Crippen LogP contribution in [0, 0.1) is 6.92 Å². The summed E-state index contributed by atoms with van der Waals surface area (Å²) in [6.45, 7) is 1.88. The van der Waals surface area contributed by atoms with Gasteiger partial charge in [-0.25, -0.2) is 4.79 Å². The number of carbonyl (C=O) groups is 1. The Balaban J connectivity index is 2.35. The maximum absolute atomic E-state index is 10.9. The molecule has 0 atom stereocenters. The van der Waals surface area contributed by atoms with Crippen LogP contribution in [0.3, 0.4) is 0 Å². The quantitative estimate of drug-likeness (QED) is 0.856. The summed E-state index contributed by atoms with van der Waals surface area (Å²) >= 11 is 6.03. The van der Waals surface area contributed by atoms with Crippen LogP contribution in [0.4, 0.5) is 5.69 Å². The third kappa shape index (κ3) is 3.20. The van der Waals surface area contributed by atoms with E-state index in [0.717, 1.165) is 11.1 Å². The average Bonchev–Trinajstić information content (AvgIpc) is 2.39. The van der Waals surface area contributed by atoms with Gasteiger partial charge in [0, 0.05) is 16.8 Å². The molecule has 0 aliphatic rings. The van der Waals surface area contributed by atoms with Gasteiger partial charge in [0.1, 0.15) is 0 Å². The van der Waals surface area contributed by atoms with Crippen molar-refractivity contribution in [2.24, 2.45) is 4.99 Å². The average molecular weight is 274 g/mol. The van der Waals surface area contributed by atoms with Crippen LogP contribution in [-0.4, -0.2) is 17.3 Å². The van der Waals surface area contributed by atoms with Crippen LogP contribution in [-0.2, 0) is 0 Å². The van der Waals surface area contributed by atoms with Crippen LogP contribution >= 0.6 is 11.6 Å². The number of nitrogens with zero attached hydrogens (tertiary/aromatic N) is 1.